The van der Waals surface area contributed by atoms with Crippen LogP contribution in [0.5, 0.6) is 5.75 Å². The summed E-state index contributed by atoms with van der Waals surface area (Å²) in [5, 5.41) is 6.36. The second-order valence-corrected chi connectivity index (χ2v) is 6.27. The Morgan fingerprint density at radius 1 is 1.15 bits per heavy atom. The molecule has 154 valence electrons. The van der Waals surface area contributed by atoms with Gasteiger partial charge in [-0.15, -0.1) is 24.0 Å². The third-order valence-corrected chi connectivity index (χ3v) is 4.20. The van der Waals surface area contributed by atoms with Crippen molar-refractivity contribution in [3.8, 4) is 5.75 Å². The Bertz CT molecular complexity index is 578. The number of guanidine groups is 1. The van der Waals surface area contributed by atoms with Gasteiger partial charge >= 0.3 is 6.18 Å². The number of halogens is 4. The molecule has 0 saturated carbocycles. The van der Waals surface area contributed by atoms with E-state index in [4.69, 9.17) is 4.74 Å². The molecule has 0 atom stereocenters. The zero-order valence-corrected chi connectivity index (χ0v) is 17.8. The summed E-state index contributed by atoms with van der Waals surface area (Å²) in [4.78, 5) is 6.58. The van der Waals surface area contributed by atoms with Gasteiger partial charge in [-0.05, 0) is 32.0 Å². The highest BCUT2D eigenvalue weighted by atomic mass is 127. The van der Waals surface area contributed by atoms with Crippen LogP contribution in [0.4, 0.5) is 13.2 Å². The zero-order chi connectivity index (χ0) is 18.8. The van der Waals surface area contributed by atoms with Crippen molar-refractivity contribution in [3.63, 3.8) is 0 Å². The van der Waals surface area contributed by atoms with E-state index in [-0.39, 0.29) is 29.7 Å². The maximum atomic E-state index is 12.4. The predicted octanol–water partition coefficient (Wildman–Crippen LogP) is 3.40. The second kappa shape index (κ2) is 12.3. The van der Waals surface area contributed by atoms with Crippen LogP contribution in [0.3, 0.4) is 0 Å². The molecular weight excluding hydrogens is 472 g/mol. The Morgan fingerprint density at radius 2 is 1.85 bits per heavy atom. The number of alkyl halides is 3. The van der Waals surface area contributed by atoms with Crippen molar-refractivity contribution in [3.05, 3.63) is 29.8 Å². The highest BCUT2D eigenvalue weighted by Crippen LogP contribution is 2.22. The molecule has 1 heterocycles. The Kier molecular flexibility index (Phi) is 10.8. The van der Waals surface area contributed by atoms with Crippen LogP contribution in [0.25, 0.3) is 0 Å². The van der Waals surface area contributed by atoms with Crippen LogP contribution >= 0.6 is 24.0 Å². The quantitative estimate of drug-likeness (QED) is 0.343. The van der Waals surface area contributed by atoms with E-state index >= 15 is 0 Å². The van der Waals surface area contributed by atoms with Gasteiger partial charge in [-0.25, -0.2) is 0 Å². The number of hydrogen-bond donors (Lipinski definition) is 2. The molecule has 1 aliphatic heterocycles. The molecule has 1 saturated heterocycles. The summed E-state index contributed by atoms with van der Waals surface area (Å²) < 4.78 is 42.0. The van der Waals surface area contributed by atoms with Gasteiger partial charge in [0.15, 0.2) is 12.6 Å². The molecule has 1 aromatic rings. The molecule has 27 heavy (non-hydrogen) atoms. The van der Waals surface area contributed by atoms with Crippen molar-refractivity contribution in [2.24, 2.45) is 4.99 Å². The minimum Gasteiger partial charge on any atom is -0.484 e. The Labute approximate surface area is 175 Å². The number of para-hydroxylation sites is 1. The van der Waals surface area contributed by atoms with E-state index in [0.717, 1.165) is 26.2 Å². The van der Waals surface area contributed by atoms with Crippen LogP contribution in [0.1, 0.15) is 24.8 Å². The fourth-order valence-electron chi connectivity index (χ4n) is 2.87. The lowest BCUT2D eigenvalue weighted by molar-refractivity contribution is -0.153. The first-order valence-corrected chi connectivity index (χ1v) is 8.92. The summed E-state index contributed by atoms with van der Waals surface area (Å²) in [6, 6.07) is 6.69. The first-order valence-electron chi connectivity index (χ1n) is 8.92. The molecule has 2 N–H and O–H groups in total. The van der Waals surface area contributed by atoms with E-state index in [1.54, 1.807) is 25.2 Å². The molecular formula is C18H28F3IN4O. The number of ether oxygens (including phenoxy) is 1. The summed E-state index contributed by atoms with van der Waals surface area (Å²) in [7, 11) is 1.67. The normalized spacial score (nSPS) is 15.8. The molecule has 0 bridgehead atoms. The highest BCUT2D eigenvalue weighted by Gasteiger charge is 2.28. The van der Waals surface area contributed by atoms with Crippen molar-refractivity contribution in [2.75, 3.05) is 39.8 Å². The number of hydrogen-bond acceptors (Lipinski definition) is 3. The molecule has 0 unspecified atom stereocenters. The van der Waals surface area contributed by atoms with Gasteiger partial charge in [-0.2, -0.15) is 13.2 Å². The Balaban J connectivity index is 0.00000364. The van der Waals surface area contributed by atoms with E-state index in [2.05, 4.69) is 20.5 Å². The van der Waals surface area contributed by atoms with E-state index in [0.29, 0.717) is 18.1 Å². The van der Waals surface area contributed by atoms with Crippen molar-refractivity contribution in [1.82, 2.24) is 15.5 Å². The SMILES string of the molecule is CN=C(NCCN1CCCCC1)NCc1ccccc1OCC(F)(F)F.I. The molecule has 0 spiro atoms. The van der Waals surface area contributed by atoms with E-state index < -0.39 is 12.8 Å². The lowest BCUT2D eigenvalue weighted by Crippen LogP contribution is -2.42. The fourth-order valence-corrected chi connectivity index (χ4v) is 2.87. The average Bonchev–Trinajstić information content (AvgIpc) is 2.63. The lowest BCUT2D eigenvalue weighted by atomic mass is 10.1. The molecule has 1 aromatic carbocycles. The molecule has 5 nitrogen and oxygen atoms in total. The van der Waals surface area contributed by atoms with Gasteiger partial charge < -0.3 is 20.3 Å². The van der Waals surface area contributed by atoms with Crippen molar-refractivity contribution in [2.45, 2.75) is 32.0 Å². The third kappa shape index (κ3) is 9.50. The highest BCUT2D eigenvalue weighted by molar-refractivity contribution is 14.0. The summed E-state index contributed by atoms with van der Waals surface area (Å²) in [6.07, 6.45) is -0.543. The Hall–Kier alpha value is -1.23. The van der Waals surface area contributed by atoms with Crippen LogP contribution in [-0.2, 0) is 6.54 Å². The zero-order valence-electron chi connectivity index (χ0n) is 15.5. The molecule has 2 rings (SSSR count). The van der Waals surface area contributed by atoms with Gasteiger partial charge in [0.1, 0.15) is 5.75 Å². The van der Waals surface area contributed by atoms with Gasteiger partial charge in [0.2, 0.25) is 0 Å². The first kappa shape index (κ1) is 23.8. The number of rotatable bonds is 7. The van der Waals surface area contributed by atoms with Crippen LogP contribution in [0.15, 0.2) is 29.3 Å². The number of nitrogens with zero attached hydrogens (tertiary/aromatic N) is 2. The van der Waals surface area contributed by atoms with E-state index in [1.807, 2.05) is 0 Å². The lowest BCUT2D eigenvalue weighted by Gasteiger charge is -2.26. The largest absolute Gasteiger partial charge is 0.484 e. The van der Waals surface area contributed by atoms with E-state index in [9.17, 15) is 13.2 Å². The number of piperidine rings is 1. The predicted molar refractivity (Wildman–Crippen MR) is 112 cm³/mol. The van der Waals surface area contributed by atoms with E-state index in [1.165, 1.54) is 25.3 Å². The van der Waals surface area contributed by atoms with Crippen LogP contribution in [0.2, 0.25) is 0 Å². The van der Waals surface area contributed by atoms with Crippen molar-refractivity contribution in [1.29, 1.82) is 0 Å². The fraction of sp³-hybridized carbons (Fsp3) is 0.611. The van der Waals surface area contributed by atoms with Crippen LogP contribution in [0, 0.1) is 0 Å². The molecule has 0 amide bonds. The van der Waals surface area contributed by atoms with Crippen molar-refractivity contribution >= 4 is 29.9 Å². The minimum absolute atomic E-state index is 0. The summed E-state index contributed by atoms with van der Waals surface area (Å²) >= 11 is 0. The van der Waals surface area contributed by atoms with Gasteiger partial charge in [0.25, 0.3) is 0 Å². The topological polar surface area (TPSA) is 48.9 Å². The molecule has 0 radical (unpaired) electrons. The first-order chi connectivity index (χ1) is 12.5. The summed E-state index contributed by atoms with van der Waals surface area (Å²) in [6.45, 7) is 3.03. The molecule has 1 aliphatic rings. The summed E-state index contributed by atoms with van der Waals surface area (Å²) in [5.41, 5.74) is 0.649. The number of nitrogens with one attached hydrogen (secondary N) is 2. The Morgan fingerprint density at radius 3 is 2.52 bits per heavy atom. The second-order valence-electron chi connectivity index (χ2n) is 6.27. The molecule has 1 fully saturated rings. The van der Waals surface area contributed by atoms with Gasteiger partial charge in [-0.1, -0.05) is 24.6 Å². The average molecular weight is 500 g/mol. The number of benzene rings is 1. The van der Waals surface area contributed by atoms with Crippen LogP contribution in [-0.4, -0.2) is 56.9 Å². The number of aliphatic imine (C=N–C) groups is 1. The standard InChI is InChI=1S/C18H27F3N4O.HI/c1-22-17(23-9-12-25-10-5-2-6-11-25)24-13-15-7-3-4-8-16(15)26-14-18(19,20)21;/h3-4,7-8H,2,5-6,9-14H2,1H3,(H2,22,23,24);1H. The molecule has 9 heteroatoms. The number of likely N-dealkylation sites (tertiary alicyclic amines) is 1. The molecule has 0 aromatic heterocycles. The third-order valence-electron chi connectivity index (χ3n) is 4.20. The van der Waals surface area contributed by atoms with Gasteiger partial charge in [-0.3, -0.25) is 4.99 Å². The van der Waals surface area contributed by atoms with Crippen molar-refractivity contribution < 1.29 is 17.9 Å². The van der Waals surface area contributed by atoms with Gasteiger partial charge in [0, 0.05) is 32.2 Å². The maximum Gasteiger partial charge on any atom is 0.422 e. The minimum atomic E-state index is -4.35. The van der Waals surface area contributed by atoms with Crippen LogP contribution < -0.4 is 15.4 Å². The van der Waals surface area contributed by atoms with Gasteiger partial charge in [0.05, 0.1) is 0 Å². The maximum absolute atomic E-state index is 12.4. The smallest absolute Gasteiger partial charge is 0.422 e. The summed E-state index contributed by atoms with van der Waals surface area (Å²) in [5.74, 6) is 0.841. The molecule has 0 aliphatic carbocycles. The monoisotopic (exact) mass is 500 g/mol.